The van der Waals surface area contributed by atoms with Crippen molar-refractivity contribution in [2.24, 2.45) is 0 Å². The molecule has 0 aromatic carbocycles. The lowest BCUT2D eigenvalue weighted by atomic mass is 10.0. The Hall–Kier alpha value is -3.65. The number of carbonyl (C=O) groups is 3. The van der Waals surface area contributed by atoms with Crippen LogP contribution in [0.3, 0.4) is 0 Å². The van der Waals surface area contributed by atoms with Crippen LogP contribution in [0.5, 0.6) is 0 Å². The number of hydrogen-bond donors (Lipinski definition) is 2. The summed E-state index contributed by atoms with van der Waals surface area (Å²) < 4.78 is 61.5. The molecule has 0 aliphatic carbocycles. The molecule has 2 N–H and O–H groups in total. The number of amides is 4. The van der Waals surface area contributed by atoms with E-state index < -0.39 is 68.1 Å². The summed E-state index contributed by atoms with van der Waals surface area (Å²) in [7, 11) is 0. The van der Waals surface area contributed by atoms with Crippen molar-refractivity contribution >= 4 is 29.4 Å². The summed E-state index contributed by atoms with van der Waals surface area (Å²) in [6.45, 7) is -3.05. The third-order valence-corrected chi connectivity index (χ3v) is 5.68. The number of alkyl halides is 4. The van der Waals surface area contributed by atoms with Crippen molar-refractivity contribution in [1.82, 2.24) is 30.1 Å². The van der Waals surface area contributed by atoms with E-state index in [0.717, 1.165) is 0 Å². The van der Waals surface area contributed by atoms with Crippen molar-refractivity contribution in [3.8, 4) is 0 Å². The predicted molar refractivity (Wildman–Crippen MR) is 101 cm³/mol. The molecule has 2 atom stereocenters. The number of anilines is 1. The maximum atomic E-state index is 14.7. The van der Waals surface area contributed by atoms with Gasteiger partial charge in [-0.2, -0.15) is 5.10 Å². The molecule has 4 amide bonds. The number of likely N-dealkylation sites (tertiary alicyclic amines) is 1. The molecule has 2 aromatic rings. The van der Waals surface area contributed by atoms with Crippen molar-refractivity contribution in [2.75, 3.05) is 37.6 Å². The number of hydrogen-bond acceptors (Lipinski definition) is 7. The lowest BCUT2D eigenvalue weighted by molar-refractivity contribution is -0.135. The van der Waals surface area contributed by atoms with Crippen molar-refractivity contribution in [1.29, 1.82) is 0 Å². The molecule has 0 bridgehead atoms. The zero-order chi connectivity index (χ0) is 23.5. The quantitative estimate of drug-likeness (QED) is 0.628. The van der Waals surface area contributed by atoms with E-state index in [4.69, 9.17) is 4.74 Å². The highest BCUT2D eigenvalue weighted by atomic mass is 19.3. The largest absolute Gasteiger partial charge is 0.438 e. The molecule has 3 fully saturated rings. The third-order valence-electron chi connectivity index (χ3n) is 5.68. The van der Waals surface area contributed by atoms with E-state index >= 15 is 0 Å². The fourth-order valence-electron chi connectivity index (χ4n) is 3.99. The summed E-state index contributed by atoms with van der Waals surface area (Å²) in [6, 6.07) is 0.768. The number of aromatic nitrogens is 3. The number of carbonyl (C=O) groups excluding carboxylic acids is 3. The van der Waals surface area contributed by atoms with E-state index in [-0.39, 0.29) is 23.6 Å². The Morgan fingerprint density at radius 1 is 1.18 bits per heavy atom. The minimum Gasteiger partial charge on any atom is -0.438 e. The van der Waals surface area contributed by atoms with E-state index in [9.17, 15) is 31.9 Å². The van der Waals surface area contributed by atoms with E-state index in [1.165, 1.54) is 27.9 Å². The molecule has 0 spiro atoms. The van der Waals surface area contributed by atoms with Gasteiger partial charge in [0, 0.05) is 18.9 Å². The second kappa shape index (κ2) is 7.18. The Balaban J connectivity index is 1.40. The van der Waals surface area contributed by atoms with Crippen LogP contribution in [-0.4, -0.2) is 88.2 Å². The molecule has 33 heavy (non-hydrogen) atoms. The highest BCUT2D eigenvalue weighted by Crippen LogP contribution is 2.37. The van der Waals surface area contributed by atoms with Crippen LogP contribution in [0.4, 0.5) is 32.8 Å². The number of rotatable bonds is 3. The fourth-order valence-corrected chi connectivity index (χ4v) is 3.99. The van der Waals surface area contributed by atoms with Gasteiger partial charge in [0.1, 0.15) is 0 Å². The van der Waals surface area contributed by atoms with Crippen molar-refractivity contribution < 1.29 is 36.7 Å². The summed E-state index contributed by atoms with van der Waals surface area (Å²) in [5, 5.41) is 8.89. The molecule has 15 heteroatoms. The van der Waals surface area contributed by atoms with Gasteiger partial charge in [-0.15, -0.1) is 0 Å². The monoisotopic (exact) mass is 471 g/mol. The van der Waals surface area contributed by atoms with Gasteiger partial charge < -0.3 is 15.0 Å². The molecule has 3 aliphatic heterocycles. The zero-order valence-corrected chi connectivity index (χ0v) is 16.8. The highest BCUT2D eigenvalue weighted by Gasteiger charge is 2.54. The fraction of sp³-hybridized carbons (Fsp3) is 0.500. The minimum absolute atomic E-state index is 0.0336. The molecule has 0 saturated carbocycles. The number of fused-ring (bicyclic) bond motifs is 1. The van der Waals surface area contributed by atoms with Crippen molar-refractivity contribution in [3.63, 3.8) is 0 Å². The molecule has 3 aliphatic rings. The van der Waals surface area contributed by atoms with Crippen LogP contribution >= 0.6 is 0 Å². The standard InChI is InChI=1S/C18H17F4N7O4/c19-17(20)6-28(7-17)16(32)33-12-5-27(8-18(12,21)22)11-3-10(26-29-2-1-23-13(11)29)9-4-24-15(31)25-14(9)30/h1-3,9,12H,4-8H2,(H2,24,25,30,31). The SMILES string of the molecule is O=C1NCC(c2cc(N3CC(OC(=O)N4CC(F)(F)C4)C(F)(F)C3)c3nccn3n2)C(=O)N1. The van der Waals surface area contributed by atoms with Crippen LogP contribution in [-0.2, 0) is 9.53 Å². The molecule has 176 valence electrons. The van der Waals surface area contributed by atoms with Gasteiger partial charge in [-0.3, -0.25) is 15.0 Å². The summed E-state index contributed by atoms with van der Waals surface area (Å²) in [6.07, 6.45) is -0.238. The van der Waals surface area contributed by atoms with Crippen molar-refractivity contribution in [2.45, 2.75) is 23.9 Å². The minimum atomic E-state index is -3.47. The second-order valence-electron chi connectivity index (χ2n) is 8.13. The van der Waals surface area contributed by atoms with Crippen LogP contribution < -0.4 is 15.5 Å². The number of halogens is 4. The number of ether oxygens (including phenoxy) is 1. The molecule has 2 unspecified atom stereocenters. The first-order valence-electron chi connectivity index (χ1n) is 9.91. The first-order valence-corrected chi connectivity index (χ1v) is 9.91. The van der Waals surface area contributed by atoms with E-state index in [0.29, 0.717) is 4.90 Å². The first kappa shape index (κ1) is 21.2. The predicted octanol–water partition coefficient (Wildman–Crippen LogP) is 0.564. The number of nitrogens with zero attached hydrogens (tertiary/aromatic N) is 5. The van der Waals surface area contributed by atoms with Gasteiger partial charge in [-0.1, -0.05) is 0 Å². The van der Waals surface area contributed by atoms with Crippen LogP contribution in [0.25, 0.3) is 5.65 Å². The normalized spacial score (nSPS) is 26.1. The Morgan fingerprint density at radius 3 is 2.64 bits per heavy atom. The van der Waals surface area contributed by atoms with Gasteiger partial charge in [0.15, 0.2) is 11.8 Å². The van der Waals surface area contributed by atoms with Gasteiger partial charge >= 0.3 is 18.0 Å². The molecule has 5 heterocycles. The maximum absolute atomic E-state index is 14.7. The third kappa shape index (κ3) is 3.76. The van der Waals surface area contributed by atoms with Crippen LogP contribution in [0, 0.1) is 0 Å². The van der Waals surface area contributed by atoms with Gasteiger partial charge in [-0.25, -0.2) is 36.7 Å². The Labute approximate surface area is 182 Å². The molecular weight excluding hydrogens is 454 g/mol. The molecular formula is C18H17F4N7O4. The average Bonchev–Trinajstić information content (AvgIpc) is 3.29. The molecule has 5 rings (SSSR count). The number of imidazole rings is 1. The lowest BCUT2D eigenvalue weighted by Crippen LogP contribution is -2.59. The van der Waals surface area contributed by atoms with E-state index in [2.05, 4.69) is 20.7 Å². The van der Waals surface area contributed by atoms with Gasteiger partial charge in [0.2, 0.25) is 5.91 Å². The molecule has 0 radical (unpaired) electrons. The molecule has 3 saturated heterocycles. The zero-order valence-electron chi connectivity index (χ0n) is 16.8. The van der Waals surface area contributed by atoms with E-state index in [1.807, 2.05) is 0 Å². The second-order valence-corrected chi connectivity index (χ2v) is 8.13. The van der Waals surface area contributed by atoms with Gasteiger partial charge in [0.05, 0.1) is 43.5 Å². The van der Waals surface area contributed by atoms with Crippen LogP contribution in [0.2, 0.25) is 0 Å². The molecule has 2 aromatic heterocycles. The lowest BCUT2D eigenvalue weighted by Gasteiger charge is -2.38. The Bertz CT molecular complexity index is 1150. The van der Waals surface area contributed by atoms with E-state index in [1.54, 1.807) is 0 Å². The summed E-state index contributed by atoms with van der Waals surface area (Å²) in [5.41, 5.74) is 0.646. The number of nitrogens with one attached hydrogen (secondary N) is 2. The maximum Gasteiger partial charge on any atom is 0.410 e. The van der Waals surface area contributed by atoms with Crippen molar-refractivity contribution in [3.05, 3.63) is 24.2 Å². The van der Waals surface area contributed by atoms with Crippen LogP contribution in [0.1, 0.15) is 11.6 Å². The smallest absolute Gasteiger partial charge is 0.410 e. The average molecular weight is 471 g/mol. The Morgan fingerprint density at radius 2 is 1.94 bits per heavy atom. The van der Waals surface area contributed by atoms with Gasteiger partial charge in [0.25, 0.3) is 5.92 Å². The van der Waals surface area contributed by atoms with Gasteiger partial charge in [-0.05, 0) is 6.07 Å². The van der Waals surface area contributed by atoms with Crippen LogP contribution in [0.15, 0.2) is 18.5 Å². The Kier molecular flexibility index (Phi) is 4.61. The number of urea groups is 1. The summed E-state index contributed by atoms with van der Waals surface area (Å²) in [4.78, 5) is 41.6. The summed E-state index contributed by atoms with van der Waals surface area (Å²) in [5.74, 6) is -7.97. The first-order chi connectivity index (χ1) is 15.5. The summed E-state index contributed by atoms with van der Waals surface area (Å²) >= 11 is 0. The topological polar surface area (TPSA) is 121 Å². The highest BCUT2D eigenvalue weighted by molar-refractivity contribution is 6.00. The molecule has 11 nitrogen and oxygen atoms in total. The number of imide groups is 1.